The quantitative estimate of drug-likeness (QED) is 0.644. The Morgan fingerprint density at radius 3 is 2.56 bits per heavy atom. The summed E-state index contributed by atoms with van der Waals surface area (Å²) in [5.41, 5.74) is 9.45. The fourth-order valence-electron chi connectivity index (χ4n) is 3.32. The van der Waals surface area contributed by atoms with Crippen LogP contribution in [-0.2, 0) is 13.1 Å². The molecule has 2 aromatic rings. The molecule has 0 spiro atoms. The van der Waals surface area contributed by atoms with Crippen LogP contribution in [0.15, 0.2) is 59.6 Å². The lowest BCUT2D eigenvalue weighted by molar-refractivity contribution is 0.176. The van der Waals surface area contributed by atoms with Crippen LogP contribution in [0.1, 0.15) is 30.9 Å². The fourth-order valence-corrected chi connectivity index (χ4v) is 3.32. The molecule has 4 heteroatoms. The number of likely N-dealkylation sites (tertiary alicyclic amines) is 1. The predicted molar refractivity (Wildman–Crippen MR) is 106 cm³/mol. The van der Waals surface area contributed by atoms with Crippen molar-refractivity contribution in [3.8, 4) is 0 Å². The van der Waals surface area contributed by atoms with Gasteiger partial charge in [0.05, 0.1) is 6.54 Å². The Hall–Kier alpha value is -2.33. The number of hydrogen-bond acceptors (Lipinski definition) is 2. The molecule has 1 aliphatic heterocycles. The third-order valence-electron chi connectivity index (χ3n) is 4.65. The molecule has 1 fully saturated rings. The number of piperidine rings is 1. The van der Waals surface area contributed by atoms with E-state index in [1.54, 1.807) is 0 Å². The molecule has 132 valence electrons. The lowest BCUT2D eigenvalue weighted by Gasteiger charge is -2.30. The third kappa shape index (κ3) is 5.61. The zero-order valence-electron chi connectivity index (χ0n) is 15.0. The lowest BCUT2D eigenvalue weighted by atomic mass is 9.99. The number of aliphatic imine (C=N–C) groups is 1. The van der Waals surface area contributed by atoms with Crippen LogP contribution in [0.2, 0.25) is 0 Å². The molecule has 4 nitrogen and oxygen atoms in total. The van der Waals surface area contributed by atoms with Crippen molar-refractivity contribution in [1.29, 1.82) is 0 Å². The smallest absolute Gasteiger partial charge is 0.193 e. The maximum absolute atomic E-state index is 5.95. The summed E-state index contributed by atoms with van der Waals surface area (Å²) >= 11 is 0. The highest BCUT2D eigenvalue weighted by molar-refractivity contribution is 5.92. The molecule has 1 heterocycles. The second-order valence-corrected chi connectivity index (χ2v) is 6.99. The molecule has 0 saturated carbocycles. The van der Waals surface area contributed by atoms with Crippen molar-refractivity contribution in [2.75, 3.05) is 18.4 Å². The fraction of sp³-hybridized carbons (Fsp3) is 0.381. The molecule has 3 N–H and O–H groups in total. The first kappa shape index (κ1) is 17.5. The van der Waals surface area contributed by atoms with Gasteiger partial charge in [0.2, 0.25) is 0 Å². The molecule has 0 amide bonds. The summed E-state index contributed by atoms with van der Waals surface area (Å²) < 4.78 is 0. The molecule has 0 bridgehead atoms. The average molecular weight is 336 g/mol. The third-order valence-corrected chi connectivity index (χ3v) is 4.65. The summed E-state index contributed by atoms with van der Waals surface area (Å²) in [6, 6.07) is 18.6. The van der Waals surface area contributed by atoms with Crippen molar-refractivity contribution in [1.82, 2.24) is 4.90 Å². The highest BCUT2D eigenvalue weighted by Gasteiger charge is 2.15. The van der Waals surface area contributed by atoms with Crippen LogP contribution in [-0.4, -0.2) is 23.9 Å². The van der Waals surface area contributed by atoms with E-state index in [1.807, 2.05) is 30.3 Å². The minimum absolute atomic E-state index is 0.442. The van der Waals surface area contributed by atoms with Gasteiger partial charge in [-0.3, -0.25) is 4.90 Å². The van der Waals surface area contributed by atoms with E-state index in [-0.39, 0.29) is 0 Å². The molecule has 1 aliphatic rings. The van der Waals surface area contributed by atoms with Gasteiger partial charge in [0.1, 0.15) is 0 Å². The Morgan fingerprint density at radius 1 is 1.12 bits per heavy atom. The van der Waals surface area contributed by atoms with Crippen LogP contribution in [0.4, 0.5) is 5.69 Å². The molecule has 25 heavy (non-hydrogen) atoms. The molecule has 1 unspecified atom stereocenters. The van der Waals surface area contributed by atoms with Crippen LogP contribution in [0.5, 0.6) is 0 Å². The van der Waals surface area contributed by atoms with Gasteiger partial charge in [-0.15, -0.1) is 0 Å². The maximum atomic E-state index is 5.95. The van der Waals surface area contributed by atoms with E-state index in [0.29, 0.717) is 12.5 Å². The Balaban J connectivity index is 1.51. The van der Waals surface area contributed by atoms with Gasteiger partial charge in [-0.1, -0.05) is 49.4 Å². The highest BCUT2D eigenvalue weighted by atomic mass is 15.1. The number of para-hydroxylation sites is 1. The molecule has 1 saturated heterocycles. The van der Waals surface area contributed by atoms with E-state index in [1.165, 1.54) is 37.1 Å². The van der Waals surface area contributed by atoms with Gasteiger partial charge in [-0.25, -0.2) is 4.99 Å². The topological polar surface area (TPSA) is 53.6 Å². The minimum atomic E-state index is 0.442. The average Bonchev–Trinajstić information content (AvgIpc) is 2.62. The normalized spacial score (nSPS) is 18.9. The standard InChI is InChI=1S/C21H28N4/c1-17-6-5-13-25(15-17)16-19-11-9-18(10-12-19)14-23-21(22)24-20-7-3-2-4-8-20/h2-4,7-12,17H,5-6,13-16H2,1H3,(H3,22,23,24). The summed E-state index contributed by atoms with van der Waals surface area (Å²) in [5, 5.41) is 3.10. The number of nitrogens with two attached hydrogens (primary N) is 1. The van der Waals surface area contributed by atoms with Crippen LogP contribution in [0.3, 0.4) is 0 Å². The number of guanidine groups is 1. The van der Waals surface area contributed by atoms with E-state index in [2.05, 4.69) is 46.4 Å². The van der Waals surface area contributed by atoms with Gasteiger partial charge >= 0.3 is 0 Å². The Morgan fingerprint density at radius 2 is 1.84 bits per heavy atom. The first-order chi connectivity index (χ1) is 12.2. The van der Waals surface area contributed by atoms with Gasteiger partial charge in [0.25, 0.3) is 0 Å². The molecule has 1 atom stereocenters. The first-order valence-corrected chi connectivity index (χ1v) is 9.11. The summed E-state index contributed by atoms with van der Waals surface area (Å²) in [7, 11) is 0. The molecule has 2 aromatic carbocycles. The Labute approximate surface area is 150 Å². The lowest BCUT2D eigenvalue weighted by Crippen LogP contribution is -2.33. The van der Waals surface area contributed by atoms with Crippen LogP contribution < -0.4 is 11.1 Å². The van der Waals surface area contributed by atoms with Crippen LogP contribution in [0, 0.1) is 5.92 Å². The predicted octanol–water partition coefficient (Wildman–Crippen LogP) is 3.85. The van der Waals surface area contributed by atoms with Crippen molar-refractivity contribution < 1.29 is 0 Å². The molecule has 0 aliphatic carbocycles. The second kappa shape index (κ2) is 8.67. The molecule has 0 aromatic heterocycles. The van der Waals surface area contributed by atoms with E-state index < -0.39 is 0 Å². The summed E-state index contributed by atoms with van der Waals surface area (Å²) in [6.07, 6.45) is 2.69. The zero-order chi connectivity index (χ0) is 17.5. The second-order valence-electron chi connectivity index (χ2n) is 6.99. The first-order valence-electron chi connectivity index (χ1n) is 9.11. The number of nitrogens with zero attached hydrogens (tertiary/aromatic N) is 2. The number of rotatable bonds is 5. The van der Waals surface area contributed by atoms with Crippen molar-refractivity contribution in [2.45, 2.75) is 32.9 Å². The van der Waals surface area contributed by atoms with Crippen LogP contribution in [0.25, 0.3) is 0 Å². The molecular weight excluding hydrogens is 308 g/mol. The van der Waals surface area contributed by atoms with E-state index >= 15 is 0 Å². The zero-order valence-corrected chi connectivity index (χ0v) is 15.0. The van der Waals surface area contributed by atoms with Crippen LogP contribution >= 0.6 is 0 Å². The summed E-state index contributed by atoms with van der Waals surface area (Å²) in [4.78, 5) is 6.98. The largest absolute Gasteiger partial charge is 0.370 e. The van der Waals surface area contributed by atoms with E-state index in [4.69, 9.17) is 5.73 Å². The number of nitrogens with one attached hydrogen (secondary N) is 1. The van der Waals surface area contributed by atoms with Gasteiger partial charge in [0, 0.05) is 18.8 Å². The van der Waals surface area contributed by atoms with Gasteiger partial charge in [0.15, 0.2) is 5.96 Å². The van der Waals surface area contributed by atoms with Crippen molar-refractivity contribution in [3.05, 3.63) is 65.7 Å². The van der Waals surface area contributed by atoms with Gasteiger partial charge in [-0.2, -0.15) is 0 Å². The Bertz CT molecular complexity index is 679. The van der Waals surface area contributed by atoms with Crippen molar-refractivity contribution in [3.63, 3.8) is 0 Å². The minimum Gasteiger partial charge on any atom is -0.370 e. The summed E-state index contributed by atoms with van der Waals surface area (Å²) in [5.74, 6) is 1.26. The molecule has 0 radical (unpaired) electrons. The summed E-state index contributed by atoms with van der Waals surface area (Å²) in [6.45, 7) is 6.42. The monoisotopic (exact) mass is 336 g/mol. The Kier molecular flexibility index (Phi) is 6.07. The maximum Gasteiger partial charge on any atom is 0.193 e. The molecule has 3 rings (SSSR count). The number of anilines is 1. The van der Waals surface area contributed by atoms with Gasteiger partial charge in [-0.05, 0) is 48.6 Å². The number of benzene rings is 2. The molecular formula is C21H28N4. The van der Waals surface area contributed by atoms with Crippen molar-refractivity contribution in [2.24, 2.45) is 16.6 Å². The van der Waals surface area contributed by atoms with Crippen molar-refractivity contribution >= 4 is 11.6 Å². The highest BCUT2D eigenvalue weighted by Crippen LogP contribution is 2.18. The van der Waals surface area contributed by atoms with E-state index in [9.17, 15) is 0 Å². The number of hydrogen-bond donors (Lipinski definition) is 2. The SMILES string of the molecule is CC1CCCN(Cc2ccc(CN=C(N)Nc3ccccc3)cc2)C1. The van der Waals surface area contributed by atoms with E-state index in [0.717, 1.165) is 18.2 Å². The van der Waals surface area contributed by atoms with Gasteiger partial charge < -0.3 is 11.1 Å².